The Morgan fingerprint density at radius 3 is 2.37 bits per heavy atom. The lowest BCUT2D eigenvalue weighted by Crippen LogP contribution is -2.37. The highest BCUT2D eigenvalue weighted by molar-refractivity contribution is 7.92. The van der Waals surface area contributed by atoms with Gasteiger partial charge in [0.2, 0.25) is 0 Å². The number of nitrogens with zero attached hydrogens (tertiary/aromatic N) is 2. The Labute approximate surface area is 157 Å². The Morgan fingerprint density at radius 2 is 1.81 bits per heavy atom. The van der Waals surface area contributed by atoms with Gasteiger partial charge in [0.1, 0.15) is 6.54 Å². The molecule has 0 aliphatic heterocycles. The van der Waals surface area contributed by atoms with E-state index in [2.05, 4.69) is 0 Å². The summed E-state index contributed by atoms with van der Waals surface area (Å²) >= 11 is 0. The highest BCUT2D eigenvalue weighted by Gasteiger charge is 2.29. The molecular formula is C18H20N2O6S. The van der Waals surface area contributed by atoms with Gasteiger partial charge in [-0.3, -0.25) is 19.2 Å². The van der Waals surface area contributed by atoms with E-state index in [1.54, 1.807) is 38.1 Å². The second-order valence-corrected chi connectivity index (χ2v) is 8.00. The van der Waals surface area contributed by atoms with Crippen LogP contribution in [0, 0.1) is 17.0 Å². The molecule has 8 nitrogen and oxygen atoms in total. The van der Waals surface area contributed by atoms with Crippen LogP contribution in [0.2, 0.25) is 0 Å². The van der Waals surface area contributed by atoms with Crippen molar-refractivity contribution in [3.05, 3.63) is 64.2 Å². The summed E-state index contributed by atoms with van der Waals surface area (Å²) < 4.78 is 32.2. The van der Waals surface area contributed by atoms with Crippen LogP contribution >= 0.6 is 0 Å². The first-order chi connectivity index (χ1) is 12.6. The van der Waals surface area contributed by atoms with Gasteiger partial charge in [0, 0.05) is 12.1 Å². The second kappa shape index (κ2) is 8.17. The van der Waals surface area contributed by atoms with E-state index < -0.39 is 33.6 Å². The molecule has 0 aliphatic rings. The van der Waals surface area contributed by atoms with Crippen LogP contribution in [0.1, 0.15) is 19.4 Å². The monoisotopic (exact) mass is 392 g/mol. The number of anilines is 1. The third-order valence-corrected chi connectivity index (χ3v) is 5.35. The molecule has 9 heteroatoms. The fourth-order valence-corrected chi connectivity index (χ4v) is 3.78. The summed E-state index contributed by atoms with van der Waals surface area (Å²) in [6, 6.07) is 11.2. The number of non-ortho nitro benzene ring substituents is 1. The molecule has 2 aromatic carbocycles. The van der Waals surface area contributed by atoms with Gasteiger partial charge in [-0.1, -0.05) is 23.8 Å². The quantitative estimate of drug-likeness (QED) is 0.407. The zero-order valence-corrected chi connectivity index (χ0v) is 16.0. The zero-order valence-electron chi connectivity index (χ0n) is 15.2. The summed E-state index contributed by atoms with van der Waals surface area (Å²) in [5.74, 6) is -0.723. The Bertz CT molecular complexity index is 939. The first-order valence-electron chi connectivity index (χ1n) is 8.14. The molecule has 0 fully saturated rings. The van der Waals surface area contributed by atoms with Crippen molar-refractivity contribution in [1.29, 1.82) is 0 Å². The Morgan fingerprint density at radius 1 is 1.19 bits per heavy atom. The van der Waals surface area contributed by atoms with Crippen molar-refractivity contribution in [1.82, 2.24) is 0 Å². The van der Waals surface area contributed by atoms with Crippen LogP contribution in [0.3, 0.4) is 0 Å². The van der Waals surface area contributed by atoms with E-state index in [1.807, 2.05) is 6.92 Å². The molecule has 0 atom stereocenters. The van der Waals surface area contributed by atoms with Crippen LogP contribution in [-0.2, 0) is 19.6 Å². The van der Waals surface area contributed by atoms with Crippen LogP contribution in [0.4, 0.5) is 11.4 Å². The third kappa shape index (κ3) is 5.04. The largest absolute Gasteiger partial charge is 0.462 e. The number of hydrogen-bond acceptors (Lipinski definition) is 6. The number of esters is 1. The minimum Gasteiger partial charge on any atom is -0.462 e. The molecule has 0 aromatic heterocycles. The zero-order chi connectivity index (χ0) is 20.2. The van der Waals surface area contributed by atoms with E-state index in [0.717, 1.165) is 15.9 Å². The maximum atomic E-state index is 13.1. The number of benzene rings is 2. The molecule has 2 aromatic rings. The Balaban J connectivity index is 2.50. The average molecular weight is 392 g/mol. The lowest BCUT2D eigenvalue weighted by atomic mass is 10.2. The summed E-state index contributed by atoms with van der Waals surface area (Å²) in [5.41, 5.74) is 0.814. The molecule has 0 N–H and O–H groups in total. The minimum atomic E-state index is -4.23. The number of nitro groups is 1. The number of carbonyl (C=O) groups is 1. The maximum Gasteiger partial charge on any atom is 0.327 e. The van der Waals surface area contributed by atoms with Crippen molar-refractivity contribution >= 4 is 27.4 Å². The number of rotatable bonds is 7. The first kappa shape index (κ1) is 20.4. The van der Waals surface area contributed by atoms with Gasteiger partial charge in [-0.05, 0) is 39.0 Å². The van der Waals surface area contributed by atoms with Crippen molar-refractivity contribution in [2.24, 2.45) is 0 Å². The van der Waals surface area contributed by atoms with Crippen molar-refractivity contribution in [2.75, 3.05) is 10.8 Å². The van der Waals surface area contributed by atoms with Crippen molar-refractivity contribution in [3.63, 3.8) is 0 Å². The number of hydrogen-bond donors (Lipinski definition) is 0. The van der Waals surface area contributed by atoms with Gasteiger partial charge in [-0.25, -0.2) is 8.42 Å². The van der Waals surface area contributed by atoms with Crippen LogP contribution in [0.5, 0.6) is 0 Å². The van der Waals surface area contributed by atoms with Crippen molar-refractivity contribution in [3.8, 4) is 0 Å². The summed E-state index contributed by atoms with van der Waals surface area (Å²) in [4.78, 5) is 22.1. The summed E-state index contributed by atoms with van der Waals surface area (Å²) in [5, 5.41) is 11.0. The Kier molecular flexibility index (Phi) is 6.17. The van der Waals surface area contributed by atoms with E-state index in [0.29, 0.717) is 0 Å². The molecule has 0 bridgehead atoms. The molecule has 144 valence electrons. The van der Waals surface area contributed by atoms with Gasteiger partial charge in [-0.2, -0.15) is 0 Å². The highest BCUT2D eigenvalue weighted by atomic mass is 32.2. The predicted octanol–water partition coefficient (Wildman–Crippen LogP) is 3.05. The highest BCUT2D eigenvalue weighted by Crippen LogP contribution is 2.26. The molecular weight excluding hydrogens is 372 g/mol. The van der Waals surface area contributed by atoms with Crippen molar-refractivity contribution in [2.45, 2.75) is 31.8 Å². The van der Waals surface area contributed by atoms with E-state index in [4.69, 9.17) is 4.74 Å². The maximum absolute atomic E-state index is 13.1. The number of ether oxygens (including phenoxy) is 1. The van der Waals surface area contributed by atoms with E-state index in [1.165, 1.54) is 18.2 Å². The van der Waals surface area contributed by atoms with E-state index >= 15 is 0 Å². The second-order valence-electron chi connectivity index (χ2n) is 6.14. The summed E-state index contributed by atoms with van der Waals surface area (Å²) in [7, 11) is -4.23. The molecule has 2 rings (SSSR count). The standard InChI is InChI=1S/C18H20N2O6S/c1-13(2)26-18(21)12-19(15-9-7-14(3)8-10-15)27(24,25)17-6-4-5-16(11-17)20(22)23/h4-11,13H,12H2,1-3H3. The number of nitro benzene ring substituents is 1. The van der Waals surface area contributed by atoms with Crippen LogP contribution in [0.25, 0.3) is 0 Å². The molecule has 0 aliphatic carbocycles. The molecule has 0 saturated heterocycles. The first-order valence-corrected chi connectivity index (χ1v) is 9.58. The normalized spacial score (nSPS) is 11.3. The predicted molar refractivity (Wildman–Crippen MR) is 100 cm³/mol. The summed E-state index contributed by atoms with van der Waals surface area (Å²) in [6.45, 7) is 4.61. The number of sulfonamides is 1. The summed E-state index contributed by atoms with van der Waals surface area (Å²) in [6.07, 6.45) is -0.405. The topological polar surface area (TPSA) is 107 Å². The SMILES string of the molecule is Cc1ccc(N(CC(=O)OC(C)C)S(=O)(=O)c2cccc([N+](=O)[O-])c2)cc1. The van der Waals surface area contributed by atoms with Gasteiger partial charge >= 0.3 is 5.97 Å². The van der Waals surface area contributed by atoms with Crippen LogP contribution in [0.15, 0.2) is 53.4 Å². The van der Waals surface area contributed by atoms with E-state index in [9.17, 15) is 23.3 Å². The smallest absolute Gasteiger partial charge is 0.327 e. The molecule has 27 heavy (non-hydrogen) atoms. The number of aryl methyl sites for hydroxylation is 1. The van der Waals surface area contributed by atoms with Gasteiger partial charge in [-0.15, -0.1) is 0 Å². The van der Waals surface area contributed by atoms with Gasteiger partial charge in [0.25, 0.3) is 15.7 Å². The number of carbonyl (C=O) groups excluding carboxylic acids is 1. The molecule has 0 radical (unpaired) electrons. The minimum absolute atomic E-state index is 0.257. The average Bonchev–Trinajstić information content (AvgIpc) is 2.60. The third-order valence-electron chi connectivity index (χ3n) is 3.58. The van der Waals surface area contributed by atoms with Gasteiger partial charge in [0.05, 0.1) is 21.6 Å². The molecule has 0 unspecified atom stereocenters. The Hall–Kier alpha value is -2.94. The molecule has 0 saturated carbocycles. The van der Waals surface area contributed by atoms with Gasteiger partial charge in [0.15, 0.2) is 0 Å². The molecule has 0 heterocycles. The van der Waals surface area contributed by atoms with Crippen LogP contribution in [-0.4, -0.2) is 32.0 Å². The lowest BCUT2D eigenvalue weighted by Gasteiger charge is -2.24. The van der Waals surface area contributed by atoms with E-state index in [-0.39, 0.29) is 16.3 Å². The molecule has 0 amide bonds. The van der Waals surface area contributed by atoms with Crippen molar-refractivity contribution < 1.29 is 22.9 Å². The fourth-order valence-electron chi connectivity index (χ4n) is 2.33. The van der Waals surface area contributed by atoms with Crippen LogP contribution < -0.4 is 4.31 Å². The molecule has 0 spiro atoms. The fraction of sp³-hybridized carbons (Fsp3) is 0.278. The van der Waals surface area contributed by atoms with Gasteiger partial charge < -0.3 is 4.74 Å². The lowest BCUT2D eigenvalue weighted by molar-refractivity contribution is -0.385.